The summed E-state index contributed by atoms with van der Waals surface area (Å²) in [5.41, 5.74) is 9.91. The van der Waals surface area contributed by atoms with Crippen molar-refractivity contribution in [3.8, 4) is 22.3 Å². The van der Waals surface area contributed by atoms with Crippen molar-refractivity contribution in [3.63, 3.8) is 0 Å². The predicted octanol–water partition coefficient (Wildman–Crippen LogP) is 12.7. The molecule has 216 valence electrons. The van der Waals surface area contributed by atoms with Gasteiger partial charge in [-0.15, -0.1) is 0 Å². The van der Waals surface area contributed by atoms with E-state index < -0.39 is 0 Å². The van der Waals surface area contributed by atoms with E-state index in [1.807, 2.05) is 12.1 Å². The van der Waals surface area contributed by atoms with E-state index in [1.165, 1.54) is 43.8 Å². The molecule has 2 heteroatoms. The third kappa shape index (κ3) is 4.43. The van der Waals surface area contributed by atoms with Crippen molar-refractivity contribution in [2.24, 2.45) is 0 Å². The lowest BCUT2D eigenvalue weighted by molar-refractivity contribution is 0.669. The first-order chi connectivity index (χ1) is 22.8. The first-order valence-corrected chi connectivity index (χ1v) is 15.7. The van der Waals surface area contributed by atoms with Crippen molar-refractivity contribution >= 4 is 60.5 Å². The second kappa shape index (κ2) is 10.8. The summed E-state index contributed by atoms with van der Waals surface area (Å²) >= 11 is 0. The van der Waals surface area contributed by atoms with Crippen LogP contribution in [0.2, 0.25) is 0 Å². The second-order valence-electron chi connectivity index (χ2n) is 11.8. The monoisotopic (exact) mass is 587 g/mol. The number of hydrogen-bond donors (Lipinski definition) is 0. The van der Waals surface area contributed by atoms with Crippen LogP contribution in [0.5, 0.6) is 0 Å². The van der Waals surface area contributed by atoms with Gasteiger partial charge < -0.3 is 9.32 Å². The standard InChI is InChI=1S/C44H29NO/c1-2-10-30(11-3-1)31-20-24-35(25-21-31)45(36-15-8-14-34(28-36)39-18-9-13-32-12-4-5-16-38(32)39)37-26-22-33-23-27-43-44(41(33)29-37)40-17-6-7-19-42(40)46-43/h1-29H. The molecule has 0 saturated heterocycles. The van der Waals surface area contributed by atoms with Gasteiger partial charge in [0.2, 0.25) is 0 Å². The number of benzene rings is 8. The zero-order valence-corrected chi connectivity index (χ0v) is 25.1. The first-order valence-electron chi connectivity index (χ1n) is 15.7. The van der Waals surface area contributed by atoms with E-state index in [-0.39, 0.29) is 0 Å². The Morgan fingerprint density at radius 3 is 1.87 bits per heavy atom. The van der Waals surface area contributed by atoms with Gasteiger partial charge in [-0.2, -0.15) is 0 Å². The second-order valence-corrected chi connectivity index (χ2v) is 11.8. The summed E-state index contributed by atoms with van der Waals surface area (Å²) in [6.45, 7) is 0. The average Bonchev–Trinajstić information content (AvgIpc) is 3.52. The Labute approximate surface area is 267 Å². The number of anilines is 3. The van der Waals surface area contributed by atoms with Gasteiger partial charge >= 0.3 is 0 Å². The molecule has 0 unspecified atom stereocenters. The van der Waals surface area contributed by atoms with Crippen LogP contribution in [0.15, 0.2) is 180 Å². The van der Waals surface area contributed by atoms with E-state index in [0.29, 0.717) is 0 Å². The Kier molecular flexibility index (Phi) is 6.17. The fourth-order valence-corrected chi connectivity index (χ4v) is 6.84. The first kappa shape index (κ1) is 26.3. The van der Waals surface area contributed by atoms with Crippen molar-refractivity contribution in [3.05, 3.63) is 176 Å². The van der Waals surface area contributed by atoms with Crippen molar-refractivity contribution < 1.29 is 4.42 Å². The van der Waals surface area contributed by atoms with E-state index in [9.17, 15) is 0 Å². The Bertz CT molecular complexity index is 2520. The maximum atomic E-state index is 6.27. The Morgan fingerprint density at radius 1 is 0.348 bits per heavy atom. The fraction of sp³-hybridized carbons (Fsp3) is 0. The summed E-state index contributed by atoms with van der Waals surface area (Å²) in [7, 11) is 0. The van der Waals surface area contributed by atoms with Gasteiger partial charge in [0.25, 0.3) is 0 Å². The minimum atomic E-state index is 0.905. The molecule has 0 aliphatic carbocycles. The van der Waals surface area contributed by atoms with Gasteiger partial charge in [0.15, 0.2) is 0 Å². The molecule has 2 nitrogen and oxygen atoms in total. The normalized spacial score (nSPS) is 11.5. The Hall–Kier alpha value is -6.12. The summed E-state index contributed by atoms with van der Waals surface area (Å²) in [5.74, 6) is 0. The van der Waals surface area contributed by atoms with Crippen LogP contribution in [0.25, 0.3) is 65.7 Å². The fourth-order valence-electron chi connectivity index (χ4n) is 6.84. The van der Waals surface area contributed by atoms with Crippen molar-refractivity contribution in [1.29, 1.82) is 0 Å². The van der Waals surface area contributed by atoms with Crippen LogP contribution in [0.3, 0.4) is 0 Å². The molecule has 9 aromatic rings. The SMILES string of the molecule is c1ccc(-c2ccc(N(c3cccc(-c4cccc5ccccc45)c3)c3ccc4ccc5oc6ccccc6c5c4c3)cc2)cc1. The summed E-state index contributed by atoms with van der Waals surface area (Å²) in [4.78, 5) is 2.37. The van der Waals surface area contributed by atoms with Crippen molar-refractivity contribution in [1.82, 2.24) is 0 Å². The molecule has 0 atom stereocenters. The van der Waals surface area contributed by atoms with Crippen LogP contribution < -0.4 is 4.90 Å². The zero-order chi connectivity index (χ0) is 30.5. The largest absolute Gasteiger partial charge is 0.456 e. The van der Waals surface area contributed by atoms with Gasteiger partial charge in [-0.05, 0) is 92.3 Å². The quantitative estimate of drug-likeness (QED) is 0.199. The third-order valence-corrected chi connectivity index (χ3v) is 9.04. The molecule has 0 N–H and O–H groups in total. The van der Waals surface area contributed by atoms with Gasteiger partial charge in [-0.3, -0.25) is 0 Å². The topological polar surface area (TPSA) is 16.4 Å². The predicted molar refractivity (Wildman–Crippen MR) is 194 cm³/mol. The van der Waals surface area contributed by atoms with E-state index in [2.05, 4.69) is 169 Å². The molecule has 9 rings (SSSR count). The number of fused-ring (bicyclic) bond motifs is 6. The zero-order valence-electron chi connectivity index (χ0n) is 25.1. The van der Waals surface area contributed by atoms with Crippen LogP contribution in [-0.4, -0.2) is 0 Å². The highest BCUT2D eigenvalue weighted by atomic mass is 16.3. The van der Waals surface area contributed by atoms with Crippen LogP contribution in [0, 0.1) is 0 Å². The maximum Gasteiger partial charge on any atom is 0.136 e. The molecule has 0 spiro atoms. The molecular weight excluding hydrogens is 558 g/mol. The van der Waals surface area contributed by atoms with Crippen LogP contribution in [0.4, 0.5) is 17.1 Å². The average molecular weight is 588 g/mol. The summed E-state index contributed by atoms with van der Waals surface area (Å²) in [6.07, 6.45) is 0. The molecule has 0 bridgehead atoms. The molecule has 0 saturated carbocycles. The third-order valence-electron chi connectivity index (χ3n) is 9.04. The highest BCUT2D eigenvalue weighted by Gasteiger charge is 2.17. The minimum Gasteiger partial charge on any atom is -0.456 e. The molecule has 8 aromatic carbocycles. The lowest BCUT2D eigenvalue weighted by atomic mass is 9.97. The molecule has 0 radical (unpaired) electrons. The number of rotatable bonds is 5. The van der Waals surface area contributed by atoms with Crippen LogP contribution in [-0.2, 0) is 0 Å². The molecule has 1 heterocycles. The molecule has 0 fully saturated rings. The Balaban J connectivity index is 1.25. The van der Waals surface area contributed by atoms with Gasteiger partial charge in [0, 0.05) is 27.8 Å². The summed E-state index contributed by atoms with van der Waals surface area (Å²) in [5, 5.41) is 7.14. The van der Waals surface area contributed by atoms with Crippen molar-refractivity contribution in [2.75, 3.05) is 4.90 Å². The van der Waals surface area contributed by atoms with E-state index in [4.69, 9.17) is 4.42 Å². The van der Waals surface area contributed by atoms with Gasteiger partial charge in [0.1, 0.15) is 11.2 Å². The molecule has 1 aromatic heterocycles. The molecule has 46 heavy (non-hydrogen) atoms. The van der Waals surface area contributed by atoms with E-state index in [0.717, 1.165) is 39.0 Å². The number of para-hydroxylation sites is 1. The van der Waals surface area contributed by atoms with E-state index in [1.54, 1.807) is 0 Å². The van der Waals surface area contributed by atoms with Gasteiger partial charge in [-0.25, -0.2) is 0 Å². The number of hydrogen-bond acceptors (Lipinski definition) is 2. The lowest BCUT2D eigenvalue weighted by Gasteiger charge is -2.27. The smallest absolute Gasteiger partial charge is 0.136 e. The number of nitrogens with zero attached hydrogens (tertiary/aromatic N) is 1. The molecule has 0 aliphatic rings. The Morgan fingerprint density at radius 2 is 0.978 bits per heavy atom. The summed E-state index contributed by atoms with van der Waals surface area (Å²) in [6, 6.07) is 62.8. The maximum absolute atomic E-state index is 6.27. The van der Waals surface area contributed by atoms with Gasteiger partial charge in [0.05, 0.1) is 0 Å². The van der Waals surface area contributed by atoms with Crippen LogP contribution >= 0.6 is 0 Å². The molecular formula is C44H29NO. The highest BCUT2D eigenvalue weighted by molar-refractivity contribution is 6.19. The van der Waals surface area contributed by atoms with Crippen LogP contribution in [0.1, 0.15) is 0 Å². The number of furan rings is 1. The highest BCUT2D eigenvalue weighted by Crippen LogP contribution is 2.42. The van der Waals surface area contributed by atoms with E-state index >= 15 is 0 Å². The molecule has 0 aliphatic heterocycles. The summed E-state index contributed by atoms with van der Waals surface area (Å²) < 4.78 is 6.27. The molecule has 0 amide bonds. The van der Waals surface area contributed by atoms with Gasteiger partial charge in [-0.1, -0.05) is 127 Å². The minimum absolute atomic E-state index is 0.905. The van der Waals surface area contributed by atoms with Crippen molar-refractivity contribution in [2.45, 2.75) is 0 Å². The lowest BCUT2D eigenvalue weighted by Crippen LogP contribution is -2.10.